The Hall–Kier alpha value is -2.25. The fourth-order valence-corrected chi connectivity index (χ4v) is 4.82. The number of sulfonamides is 1. The summed E-state index contributed by atoms with van der Waals surface area (Å²) in [5.74, 6) is 0.808. The molecule has 2 aromatic carbocycles. The number of anilines is 1. The Bertz CT molecular complexity index is 1030. The third-order valence-electron chi connectivity index (χ3n) is 5.14. The molecule has 8 heteroatoms. The fourth-order valence-electron chi connectivity index (χ4n) is 3.43. The predicted octanol–water partition coefficient (Wildman–Crippen LogP) is 3.44. The molecule has 0 atom stereocenters. The van der Waals surface area contributed by atoms with Gasteiger partial charge in [0.05, 0.1) is 17.0 Å². The molecule has 0 saturated heterocycles. The number of ether oxygens (including phenoxy) is 1. The zero-order valence-electron chi connectivity index (χ0n) is 15.4. The van der Waals surface area contributed by atoms with Crippen LogP contribution >= 0.6 is 11.6 Å². The van der Waals surface area contributed by atoms with Gasteiger partial charge in [0.15, 0.2) is 0 Å². The summed E-state index contributed by atoms with van der Waals surface area (Å²) in [5, 5.41) is 0.227. The van der Waals surface area contributed by atoms with E-state index < -0.39 is 10.0 Å². The predicted molar refractivity (Wildman–Crippen MR) is 107 cm³/mol. The second-order valence-electron chi connectivity index (χ2n) is 7.17. The number of amides is 1. The van der Waals surface area contributed by atoms with E-state index in [1.54, 1.807) is 6.07 Å². The number of rotatable bonds is 5. The van der Waals surface area contributed by atoms with Crippen LogP contribution in [0.25, 0.3) is 0 Å². The molecule has 0 radical (unpaired) electrons. The molecule has 1 N–H and O–H groups in total. The highest BCUT2D eigenvalue weighted by atomic mass is 35.5. The van der Waals surface area contributed by atoms with Gasteiger partial charge in [0.2, 0.25) is 5.91 Å². The van der Waals surface area contributed by atoms with E-state index in [1.807, 2.05) is 17.0 Å². The van der Waals surface area contributed by atoms with Crippen LogP contribution in [0.3, 0.4) is 0 Å². The van der Waals surface area contributed by atoms with Crippen LogP contribution in [0.1, 0.15) is 24.0 Å². The van der Waals surface area contributed by atoms with Crippen molar-refractivity contribution in [2.45, 2.75) is 30.7 Å². The molecule has 148 valence electrons. The fraction of sp³-hybridized carbons (Fsp3) is 0.350. The van der Waals surface area contributed by atoms with Crippen molar-refractivity contribution in [1.29, 1.82) is 0 Å². The first-order chi connectivity index (χ1) is 13.4. The number of hydrogen-bond acceptors (Lipinski definition) is 4. The zero-order chi connectivity index (χ0) is 19.9. The summed E-state index contributed by atoms with van der Waals surface area (Å²) in [6, 6.07) is 9.81. The molecule has 1 amide bonds. The van der Waals surface area contributed by atoms with Gasteiger partial charge in [-0.15, -0.1) is 0 Å². The highest BCUT2D eigenvalue weighted by Crippen LogP contribution is 2.33. The molecule has 28 heavy (non-hydrogen) atoms. The van der Waals surface area contributed by atoms with Crippen molar-refractivity contribution in [3.63, 3.8) is 0 Å². The molecule has 2 aliphatic rings. The van der Waals surface area contributed by atoms with Gasteiger partial charge in [0, 0.05) is 24.7 Å². The number of benzene rings is 2. The standard InChI is InChI=1S/C20H21ClN2O4S/c1-27-19-7-6-17(11-18(19)21)28(25,26)22-16-5-4-13-8-9-23(12-15(13)10-16)20(24)14-2-3-14/h4-7,10-11,14,22H,2-3,8-9,12H2,1H3. The van der Waals surface area contributed by atoms with Gasteiger partial charge in [-0.2, -0.15) is 0 Å². The second kappa shape index (κ2) is 7.29. The van der Waals surface area contributed by atoms with Crippen LogP contribution in [0, 0.1) is 5.92 Å². The third kappa shape index (κ3) is 3.82. The number of carbonyl (C=O) groups is 1. The van der Waals surface area contributed by atoms with E-state index in [0.717, 1.165) is 36.9 Å². The van der Waals surface area contributed by atoms with E-state index in [-0.39, 0.29) is 21.7 Å². The molecule has 1 aliphatic carbocycles. The maximum Gasteiger partial charge on any atom is 0.261 e. The first kappa shape index (κ1) is 19.1. The maximum absolute atomic E-state index is 12.7. The highest BCUT2D eigenvalue weighted by molar-refractivity contribution is 7.92. The van der Waals surface area contributed by atoms with Gasteiger partial charge in [-0.25, -0.2) is 8.42 Å². The molecule has 2 aromatic rings. The minimum Gasteiger partial charge on any atom is -0.495 e. The van der Waals surface area contributed by atoms with Crippen LogP contribution in [0.5, 0.6) is 5.75 Å². The summed E-state index contributed by atoms with van der Waals surface area (Å²) in [6.07, 6.45) is 2.74. The van der Waals surface area contributed by atoms with E-state index in [4.69, 9.17) is 16.3 Å². The average molecular weight is 421 g/mol. The summed E-state index contributed by atoms with van der Waals surface area (Å²) in [6.45, 7) is 1.24. The SMILES string of the molecule is COc1ccc(S(=O)(=O)Nc2ccc3c(c2)CN(C(=O)C2CC2)CC3)cc1Cl. The van der Waals surface area contributed by atoms with Gasteiger partial charge in [-0.3, -0.25) is 9.52 Å². The first-order valence-electron chi connectivity index (χ1n) is 9.14. The zero-order valence-corrected chi connectivity index (χ0v) is 17.0. The minimum absolute atomic E-state index is 0.0570. The van der Waals surface area contributed by atoms with Gasteiger partial charge >= 0.3 is 0 Å². The van der Waals surface area contributed by atoms with Crippen molar-refractivity contribution in [3.8, 4) is 5.75 Å². The van der Waals surface area contributed by atoms with Crippen LogP contribution in [0.15, 0.2) is 41.3 Å². The lowest BCUT2D eigenvalue weighted by atomic mass is 9.99. The Labute approximate surface area is 169 Å². The van der Waals surface area contributed by atoms with Crippen LogP contribution < -0.4 is 9.46 Å². The Kier molecular flexibility index (Phi) is 4.97. The normalized spacial score (nSPS) is 16.4. The lowest BCUT2D eigenvalue weighted by molar-refractivity contribution is -0.133. The number of halogens is 1. The summed E-state index contributed by atoms with van der Waals surface area (Å²) < 4.78 is 33.1. The van der Waals surface area contributed by atoms with Crippen LogP contribution in [-0.2, 0) is 27.8 Å². The van der Waals surface area contributed by atoms with E-state index in [2.05, 4.69) is 4.72 Å². The molecular formula is C20H21ClN2O4S. The maximum atomic E-state index is 12.7. The van der Waals surface area contributed by atoms with Gasteiger partial charge in [-0.1, -0.05) is 17.7 Å². The van der Waals surface area contributed by atoms with E-state index in [1.165, 1.54) is 25.3 Å². The summed E-state index contributed by atoms with van der Waals surface area (Å²) in [7, 11) is -2.32. The smallest absolute Gasteiger partial charge is 0.261 e. The van der Waals surface area contributed by atoms with Gasteiger partial charge in [0.1, 0.15) is 5.75 Å². The third-order valence-corrected chi connectivity index (χ3v) is 6.82. The van der Waals surface area contributed by atoms with Crippen LogP contribution in [-0.4, -0.2) is 32.9 Å². The second-order valence-corrected chi connectivity index (χ2v) is 9.26. The number of methoxy groups -OCH3 is 1. The number of fused-ring (bicyclic) bond motifs is 1. The number of carbonyl (C=O) groups excluding carboxylic acids is 1. The topological polar surface area (TPSA) is 75.7 Å². The summed E-state index contributed by atoms with van der Waals surface area (Å²) in [4.78, 5) is 14.3. The van der Waals surface area contributed by atoms with E-state index in [9.17, 15) is 13.2 Å². The molecule has 6 nitrogen and oxygen atoms in total. The number of nitrogens with zero attached hydrogens (tertiary/aromatic N) is 1. The molecular weight excluding hydrogens is 400 g/mol. The van der Waals surface area contributed by atoms with Crippen molar-refractivity contribution in [3.05, 3.63) is 52.5 Å². The molecule has 1 saturated carbocycles. The van der Waals surface area contributed by atoms with Crippen LogP contribution in [0.4, 0.5) is 5.69 Å². The molecule has 0 spiro atoms. The van der Waals surface area contributed by atoms with Crippen molar-refractivity contribution in [2.75, 3.05) is 18.4 Å². The quantitative estimate of drug-likeness (QED) is 0.803. The highest BCUT2D eigenvalue weighted by Gasteiger charge is 2.34. The Morgan fingerprint density at radius 1 is 1.18 bits per heavy atom. The van der Waals surface area contributed by atoms with Gasteiger partial charge < -0.3 is 9.64 Å². The summed E-state index contributed by atoms with van der Waals surface area (Å²) >= 11 is 6.06. The van der Waals surface area contributed by atoms with E-state index >= 15 is 0 Å². The molecule has 0 unspecified atom stereocenters. The van der Waals surface area contributed by atoms with Crippen molar-refractivity contribution in [1.82, 2.24) is 4.90 Å². The monoisotopic (exact) mass is 420 g/mol. The van der Waals surface area contributed by atoms with Crippen molar-refractivity contribution >= 4 is 33.2 Å². The molecule has 0 bridgehead atoms. The Morgan fingerprint density at radius 2 is 1.96 bits per heavy atom. The van der Waals surface area contributed by atoms with Crippen LogP contribution in [0.2, 0.25) is 5.02 Å². The molecule has 4 rings (SSSR count). The lowest BCUT2D eigenvalue weighted by Gasteiger charge is -2.29. The Morgan fingerprint density at radius 3 is 2.64 bits per heavy atom. The largest absolute Gasteiger partial charge is 0.495 e. The average Bonchev–Trinajstić information content (AvgIpc) is 3.51. The van der Waals surface area contributed by atoms with Gasteiger partial charge in [-0.05, 0) is 60.7 Å². The van der Waals surface area contributed by atoms with Crippen molar-refractivity contribution in [2.24, 2.45) is 5.92 Å². The minimum atomic E-state index is -3.79. The number of nitrogens with one attached hydrogen (secondary N) is 1. The molecule has 1 heterocycles. The lowest BCUT2D eigenvalue weighted by Crippen LogP contribution is -2.36. The molecule has 0 aromatic heterocycles. The summed E-state index contributed by atoms with van der Waals surface area (Å²) in [5.41, 5.74) is 2.59. The van der Waals surface area contributed by atoms with Crippen molar-refractivity contribution < 1.29 is 17.9 Å². The molecule has 1 fully saturated rings. The van der Waals surface area contributed by atoms with Gasteiger partial charge in [0.25, 0.3) is 10.0 Å². The molecule has 1 aliphatic heterocycles. The first-order valence-corrected chi connectivity index (χ1v) is 11.0. The Balaban J connectivity index is 1.54. The number of hydrogen-bond donors (Lipinski definition) is 1. The van der Waals surface area contributed by atoms with E-state index in [0.29, 0.717) is 18.0 Å².